The van der Waals surface area contributed by atoms with Gasteiger partial charge in [-0.3, -0.25) is 9.69 Å². The molecule has 0 aromatic heterocycles. The Morgan fingerprint density at radius 2 is 2.00 bits per heavy atom. The normalized spacial score (nSPS) is 54.5. The summed E-state index contributed by atoms with van der Waals surface area (Å²) in [5.74, 6) is -0.460. The molecule has 6 aliphatic rings. The molecule has 29 heavy (non-hydrogen) atoms. The van der Waals surface area contributed by atoms with Gasteiger partial charge in [-0.2, -0.15) is 0 Å². The summed E-state index contributed by atoms with van der Waals surface area (Å²) >= 11 is 0. The number of aliphatic hydroxyl groups excluding tert-OH is 1. The first-order valence-electron chi connectivity index (χ1n) is 11.1. The summed E-state index contributed by atoms with van der Waals surface area (Å²) in [6.07, 6.45) is 8.03. The van der Waals surface area contributed by atoms with Gasteiger partial charge in [0.15, 0.2) is 5.72 Å². The van der Waals surface area contributed by atoms with E-state index in [1.807, 2.05) is 13.0 Å². The number of rotatable bonds is 2. The van der Waals surface area contributed by atoms with Crippen LogP contribution < -0.4 is 0 Å². The minimum absolute atomic E-state index is 0.0396. The molecule has 8 unspecified atom stereocenters. The van der Waals surface area contributed by atoms with Gasteiger partial charge in [0.2, 0.25) is 0 Å². The number of allylic oxidation sites excluding steroid dienone is 1. The van der Waals surface area contributed by atoms with E-state index in [9.17, 15) is 20.1 Å². The topological polar surface area (TPSA) is 90.2 Å². The van der Waals surface area contributed by atoms with Crippen molar-refractivity contribution >= 4 is 5.97 Å². The van der Waals surface area contributed by atoms with E-state index in [1.54, 1.807) is 6.08 Å². The standard InChI is InChI=1S/C23H31NO5/c1-13-10-24-11-15-5-3-14-4-6-16-17(19(26)29-2)9-21(18(14)16)20(15,12-25)7-8-22(13,27)23(21,24)28/h7-8,13,15-17,25,27-28H,3-6,9-12H2,1-2H3. The van der Waals surface area contributed by atoms with Gasteiger partial charge in [-0.1, -0.05) is 30.2 Å². The molecule has 2 heterocycles. The second-order valence-corrected chi connectivity index (χ2v) is 10.5. The van der Waals surface area contributed by atoms with Crippen LogP contribution in [-0.4, -0.2) is 64.3 Å². The number of ether oxygens (including phenoxy) is 1. The molecule has 1 saturated carbocycles. The predicted octanol–water partition coefficient (Wildman–Crippen LogP) is 1.22. The lowest BCUT2D eigenvalue weighted by atomic mass is 9.43. The number of aliphatic hydroxyl groups is 3. The van der Waals surface area contributed by atoms with E-state index in [2.05, 4.69) is 4.90 Å². The number of nitrogens with zero attached hydrogens (tertiary/aromatic N) is 1. The van der Waals surface area contributed by atoms with E-state index in [1.165, 1.54) is 18.3 Å². The Kier molecular flexibility index (Phi) is 3.41. The number of carbonyl (C=O) groups excluding carboxylic acids is 1. The van der Waals surface area contributed by atoms with Crippen molar-refractivity contribution in [3.8, 4) is 0 Å². The number of piperidine rings is 1. The van der Waals surface area contributed by atoms with Gasteiger partial charge in [0.1, 0.15) is 5.60 Å². The van der Waals surface area contributed by atoms with Crippen LogP contribution in [0.4, 0.5) is 0 Å². The van der Waals surface area contributed by atoms with E-state index in [-0.39, 0.29) is 36.2 Å². The van der Waals surface area contributed by atoms with Crippen LogP contribution >= 0.6 is 0 Å². The zero-order chi connectivity index (χ0) is 20.4. The Hall–Kier alpha value is -1.21. The second-order valence-electron chi connectivity index (χ2n) is 10.5. The number of hydrogen-bond acceptors (Lipinski definition) is 6. The van der Waals surface area contributed by atoms with Gasteiger partial charge in [0.25, 0.3) is 0 Å². The molecule has 0 amide bonds. The molecule has 4 bridgehead atoms. The highest BCUT2D eigenvalue weighted by atomic mass is 16.5. The molecular formula is C23H31NO5. The van der Waals surface area contributed by atoms with Crippen LogP contribution in [0.2, 0.25) is 0 Å². The van der Waals surface area contributed by atoms with Crippen molar-refractivity contribution in [1.29, 1.82) is 0 Å². The van der Waals surface area contributed by atoms with Gasteiger partial charge in [0, 0.05) is 24.4 Å². The molecule has 3 N–H and O–H groups in total. The largest absolute Gasteiger partial charge is 0.469 e. The average molecular weight is 402 g/mol. The van der Waals surface area contributed by atoms with E-state index >= 15 is 0 Å². The summed E-state index contributed by atoms with van der Waals surface area (Å²) in [5, 5.41) is 35.4. The molecule has 158 valence electrons. The second kappa shape index (κ2) is 5.34. The lowest BCUT2D eigenvalue weighted by molar-refractivity contribution is -0.308. The summed E-state index contributed by atoms with van der Waals surface area (Å²) in [6.45, 7) is 3.21. The molecule has 3 fully saturated rings. The number of esters is 1. The zero-order valence-corrected chi connectivity index (χ0v) is 17.2. The number of methoxy groups -OCH3 is 1. The van der Waals surface area contributed by atoms with Crippen molar-refractivity contribution in [1.82, 2.24) is 4.90 Å². The maximum Gasteiger partial charge on any atom is 0.309 e. The van der Waals surface area contributed by atoms with E-state index in [4.69, 9.17) is 4.74 Å². The van der Waals surface area contributed by atoms with Crippen molar-refractivity contribution in [2.45, 2.75) is 50.4 Å². The monoisotopic (exact) mass is 401 g/mol. The number of carbonyl (C=O) groups is 1. The van der Waals surface area contributed by atoms with Gasteiger partial charge in [-0.15, -0.1) is 0 Å². The van der Waals surface area contributed by atoms with E-state index in [0.29, 0.717) is 19.5 Å². The van der Waals surface area contributed by atoms with Crippen molar-refractivity contribution < 1.29 is 24.9 Å². The summed E-state index contributed by atoms with van der Waals surface area (Å²) in [4.78, 5) is 14.9. The lowest BCUT2D eigenvalue weighted by Gasteiger charge is -2.68. The molecule has 4 aliphatic carbocycles. The van der Waals surface area contributed by atoms with Gasteiger partial charge in [-0.05, 0) is 43.9 Å². The smallest absolute Gasteiger partial charge is 0.309 e. The molecule has 1 spiro atoms. The Bertz CT molecular complexity index is 867. The molecule has 6 rings (SSSR count). The molecule has 2 saturated heterocycles. The van der Waals surface area contributed by atoms with Gasteiger partial charge < -0.3 is 20.1 Å². The molecule has 0 radical (unpaired) electrons. The first-order valence-corrected chi connectivity index (χ1v) is 11.1. The fraction of sp³-hybridized carbons (Fsp3) is 0.783. The zero-order valence-electron chi connectivity index (χ0n) is 17.2. The summed E-state index contributed by atoms with van der Waals surface area (Å²) < 4.78 is 5.19. The van der Waals surface area contributed by atoms with E-state index in [0.717, 1.165) is 25.7 Å². The van der Waals surface area contributed by atoms with Crippen LogP contribution in [0.3, 0.4) is 0 Å². The molecule has 6 heteroatoms. The molecular weight excluding hydrogens is 370 g/mol. The highest BCUT2D eigenvalue weighted by Gasteiger charge is 2.84. The SMILES string of the molecule is COC(=O)C1CC23C4=C(CCC41)CCC1CN4CC(C)C(O)(C=CC12CO)C43O. The molecule has 8 atom stereocenters. The van der Waals surface area contributed by atoms with Gasteiger partial charge in [0.05, 0.1) is 25.0 Å². The van der Waals surface area contributed by atoms with Crippen LogP contribution in [0, 0.1) is 34.5 Å². The van der Waals surface area contributed by atoms with Crippen LogP contribution in [0.25, 0.3) is 0 Å². The third-order valence-electron chi connectivity index (χ3n) is 10.00. The fourth-order valence-electron chi connectivity index (χ4n) is 8.87. The first-order chi connectivity index (χ1) is 13.8. The van der Waals surface area contributed by atoms with E-state index < -0.39 is 22.2 Å². The molecule has 0 aromatic carbocycles. The highest BCUT2D eigenvalue weighted by molar-refractivity contribution is 5.75. The summed E-state index contributed by atoms with van der Waals surface area (Å²) in [5.41, 5.74) is -1.88. The summed E-state index contributed by atoms with van der Waals surface area (Å²) in [6, 6.07) is 0. The number of hydrogen-bond donors (Lipinski definition) is 3. The Morgan fingerprint density at radius 1 is 1.24 bits per heavy atom. The molecule has 0 aromatic rings. The minimum Gasteiger partial charge on any atom is -0.469 e. The van der Waals surface area contributed by atoms with Crippen molar-refractivity contribution in [3.63, 3.8) is 0 Å². The average Bonchev–Trinajstić information content (AvgIpc) is 3.32. The quantitative estimate of drug-likeness (QED) is 0.476. The van der Waals surface area contributed by atoms with Crippen molar-refractivity contribution in [2.24, 2.45) is 34.5 Å². The Labute approximate surface area is 171 Å². The maximum absolute atomic E-state index is 12.8. The summed E-state index contributed by atoms with van der Waals surface area (Å²) in [7, 11) is 1.43. The third-order valence-corrected chi connectivity index (χ3v) is 10.00. The van der Waals surface area contributed by atoms with Crippen LogP contribution in [0.1, 0.15) is 39.0 Å². The lowest BCUT2D eigenvalue weighted by Crippen LogP contribution is -2.79. The molecule has 2 aliphatic heterocycles. The molecule has 6 nitrogen and oxygen atoms in total. The van der Waals surface area contributed by atoms with Crippen molar-refractivity contribution in [2.75, 3.05) is 26.8 Å². The Balaban J connectivity index is 1.71. The van der Waals surface area contributed by atoms with Crippen LogP contribution in [0.5, 0.6) is 0 Å². The maximum atomic E-state index is 12.8. The fourth-order valence-corrected chi connectivity index (χ4v) is 8.87. The first kappa shape index (κ1) is 18.6. The van der Waals surface area contributed by atoms with Crippen LogP contribution in [-0.2, 0) is 9.53 Å². The van der Waals surface area contributed by atoms with Gasteiger partial charge >= 0.3 is 5.97 Å². The predicted molar refractivity (Wildman–Crippen MR) is 104 cm³/mol. The van der Waals surface area contributed by atoms with Crippen molar-refractivity contribution in [3.05, 3.63) is 23.3 Å². The minimum atomic E-state index is -1.51. The Morgan fingerprint density at radius 3 is 2.72 bits per heavy atom. The third kappa shape index (κ3) is 1.62. The van der Waals surface area contributed by atoms with Gasteiger partial charge in [-0.25, -0.2) is 0 Å². The highest BCUT2D eigenvalue weighted by Crippen LogP contribution is 2.78. The van der Waals surface area contributed by atoms with Crippen LogP contribution in [0.15, 0.2) is 23.3 Å².